The van der Waals surface area contributed by atoms with Gasteiger partial charge in [0.05, 0.1) is 11.0 Å². The molecule has 2 unspecified atom stereocenters. The standard InChI is InChI=1S/C20H24N2O5S/c1-14-8-10-15(11-9-14)20-16(5-4-12-27-20)13-21-17-6-3-7-18(28(2,25)26)19(17)22(23)24/h3,6-11,16,20-21H,4-5,12-13H2,1-2H3. The van der Waals surface area contributed by atoms with Crippen molar-refractivity contribution >= 4 is 21.2 Å². The van der Waals surface area contributed by atoms with Crippen LogP contribution in [-0.4, -0.2) is 32.7 Å². The Balaban J connectivity index is 1.84. The van der Waals surface area contributed by atoms with E-state index < -0.39 is 20.4 Å². The summed E-state index contributed by atoms with van der Waals surface area (Å²) in [6.07, 6.45) is 2.71. The fourth-order valence-corrected chi connectivity index (χ4v) is 4.43. The number of nitro benzene ring substituents is 1. The van der Waals surface area contributed by atoms with Gasteiger partial charge in [-0.25, -0.2) is 8.42 Å². The van der Waals surface area contributed by atoms with E-state index in [1.165, 1.54) is 23.8 Å². The maximum atomic E-state index is 11.9. The Hall–Kier alpha value is -2.45. The van der Waals surface area contributed by atoms with Crippen LogP contribution in [0.2, 0.25) is 0 Å². The first-order valence-corrected chi connectivity index (χ1v) is 11.1. The number of para-hydroxylation sites is 1. The fourth-order valence-electron chi connectivity index (χ4n) is 3.57. The summed E-state index contributed by atoms with van der Waals surface area (Å²) in [6.45, 7) is 3.16. The first kappa shape index (κ1) is 20.3. The van der Waals surface area contributed by atoms with Crippen molar-refractivity contribution < 1.29 is 18.1 Å². The lowest BCUT2D eigenvalue weighted by molar-refractivity contribution is -0.386. The number of hydrogen-bond acceptors (Lipinski definition) is 6. The fraction of sp³-hybridized carbons (Fsp3) is 0.400. The SMILES string of the molecule is Cc1ccc(C2OCCCC2CNc2cccc(S(C)(=O)=O)c2[N+](=O)[O-])cc1. The highest BCUT2D eigenvalue weighted by Gasteiger charge is 2.30. The summed E-state index contributed by atoms with van der Waals surface area (Å²) < 4.78 is 29.8. The van der Waals surface area contributed by atoms with Gasteiger partial charge < -0.3 is 10.1 Å². The average molecular weight is 404 g/mol. The summed E-state index contributed by atoms with van der Waals surface area (Å²) in [5.41, 5.74) is 2.05. The second-order valence-electron chi connectivity index (χ2n) is 7.17. The lowest BCUT2D eigenvalue weighted by atomic mass is 9.89. The normalized spacial score (nSPS) is 19.9. The minimum atomic E-state index is -3.71. The third kappa shape index (κ3) is 4.51. The van der Waals surface area contributed by atoms with Crippen molar-refractivity contribution in [3.63, 3.8) is 0 Å². The Labute approximate surface area is 164 Å². The Morgan fingerprint density at radius 1 is 1.21 bits per heavy atom. The number of rotatable bonds is 6. The highest BCUT2D eigenvalue weighted by molar-refractivity contribution is 7.90. The van der Waals surface area contributed by atoms with Crippen molar-refractivity contribution in [1.29, 1.82) is 0 Å². The summed E-state index contributed by atoms with van der Waals surface area (Å²) in [6, 6.07) is 12.5. The van der Waals surface area contributed by atoms with Crippen LogP contribution < -0.4 is 5.32 Å². The van der Waals surface area contributed by atoms with E-state index in [4.69, 9.17) is 4.74 Å². The van der Waals surface area contributed by atoms with Crippen LogP contribution in [0.4, 0.5) is 11.4 Å². The molecule has 1 fully saturated rings. The number of hydrogen-bond donors (Lipinski definition) is 1. The lowest BCUT2D eigenvalue weighted by Crippen LogP contribution is -2.28. The molecule has 1 N–H and O–H groups in total. The first-order valence-electron chi connectivity index (χ1n) is 9.17. The molecule has 7 nitrogen and oxygen atoms in total. The van der Waals surface area contributed by atoms with Gasteiger partial charge in [0.15, 0.2) is 9.84 Å². The first-order chi connectivity index (χ1) is 13.3. The zero-order valence-electron chi connectivity index (χ0n) is 15.9. The van der Waals surface area contributed by atoms with E-state index in [-0.39, 0.29) is 22.6 Å². The molecule has 8 heteroatoms. The largest absolute Gasteiger partial charge is 0.379 e. The molecule has 1 heterocycles. The molecule has 28 heavy (non-hydrogen) atoms. The van der Waals surface area contributed by atoms with Crippen molar-refractivity contribution in [3.05, 3.63) is 63.7 Å². The van der Waals surface area contributed by atoms with Gasteiger partial charge in [-0.3, -0.25) is 10.1 Å². The van der Waals surface area contributed by atoms with Crippen LogP contribution in [0.25, 0.3) is 0 Å². The van der Waals surface area contributed by atoms with Crippen molar-refractivity contribution in [3.8, 4) is 0 Å². The number of benzene rings is 2. The molecule has 3 rings (SSSR count). The zero-order chi connectivity index (χ0) is 20.3. The molecule has 2 aromatic carbocycles. The molecule has 0 aliphatic carbocycles. The van der Waals surface area contributed by atoms with Gasteiger partial charge in [0, 0.05) is 25.3 Å². The van der Waals surface area contributed by atoms with E-state index in [9.17, 15) is 18.5 Å². The quantitative estimate of drug-likeness (QED) is 0.579. The number of nitrogens with zero attached hydrogens (tertiary/aromatic N) is 1. The molecule has 2 aromatic rings. The summed E-state index contributed by atoms with van der Waals surface area (Å²) in [4.78, 5) is 10.6. The van der Waals surface area contributed by atoms with E-state index in [1.54, 1.807) is 0 Å². The van der Waals surface area contributed by atoms with Crippen LogP contribution in [0.1, 0.15) is 30.1 Å². The third-order valence-electron chi connectivity index (χ3n) is 4.99. The van der Waals surface area contributed by atoms with Crippen LogP contribution in [0, 0.1) is 23.0 Å². The van der Waals surface area contributed by atoms with Crippen LogP contribution in [0.5, 0.6) is 0 Å². The minimum Gasteiger partial charge on any atom is -0.379 e. The van der Waals surface area contributed by atoms with E-state index in [2.05, 4.69) is 5.32 Å². The lowest BCUT2D eigenvalue weighted by Gasteiger charge is -2.32. The highest BCUT2D eigenvalue weighted by atomic mass is 32.2. The Morgan fingerprint density at radius 3 is 2.57 bits per heavy atom. The molecule has 150 valence electrons. The van der Waals surface area contributed by atoms with Gasteiger partial charge in [0.1, 0.15) is 10.6 Å². The molecule has 0 spiro atoms. The number of nitrogens with one attached hydrogen (secondary N) is 1. The third-order valence-corrected chi connectivity index (χ3v) is 6.11. The predicted octanol–water partition coefficient (Wildman–Crippen LogP) is 3.89. The molecular formula is C20H24N2O5S. The molecule has 0 amide bonds. The number of anilines is 1. The summed E-state index contributed by atoms with van der Waals surface area (Å²) in [5.74, 6) is 0.123. The van der Waals surface area contributed by atoms with Gasteiger partial charge >= 0.3 is 5.69 Å². The molecule has 1 aliphatic rings. The van der Waals surface area contributed by atoms with Gasteiger partial charge in [0.2, 0.25) is 0 Å². The summed E-state index contributed by atoms with van der Waals surface area (Å²) in [5, 5.41) is 14.6. The molecular weight excluding hydrogens is 380 g/mol. The van der Waals surface area contributed by atoms with Gasteiger partial charge in [-0.1, -0.05) is 35.9 Å². The Bertz CT molecular complexity index is 957. The maximum Gasteiger partial charge on any atom is 0.310 e. The van der Waals surface area contributed by atoms with E-state index in [1.807, 2.05) is 31.2 Å². The van der Waals surface area contributed by atoms with Gasteiger partial charge in [-0.2, -0.15) is 0 Å². The van der Waals surface area contributed by atoms with Crippen molar-refractivity contribution in [2.75, 3.05) is 24.7 Å². The zero-order valence-corrected chi connectivity index (χ0v) is 16.7. The molecule has 0 saturated carbocycles. The average Bonchev–Trinajstić information content (AvgIpc) is 2.66. The van der Waals surface area contributed by atoms with Gasteiger partial charge in [0.25, 0.3) is 0 Å². The molecule has 1 aliphatic heterocycles. The van der Waals surface area contributed by atoms with Crippen molar-refractivity contribution in [1.82, 2.24) is 0 Å². The van der Waals surface area contributed by atoms with E-state index in [0.29, 0.717) is 13.2 Å². The van der Waals surface area contributed by atoms with Crippen molar-refractivity contribution in [2.24, 2.45) is 5.92 Å². The molecule has 2 atom stereocenters. The molecule has 0 radical (unpaired) electrons. The summed E-state index contributed by atoms with van der Waals surface area (Å²) in [7, 11) is -3.71. The highest BCUT2D eigenvalue weighted by Crippen LogP contribution is 2.36. The second kappa shape index (κ2) is 8.28. The molecule has 0 bridgehead atoms. The maximum absolute atomic E-state index is 11.9. The topological polar surface area (TPSA) is 98.5 Å². The van der Waals surface area contributed by atoms with E-state index >= 15 is 0 Å². The minimum absolute atomic E-state index is 0.0982. The molecule has 0 aromatic heterocycles. The Morgan fingerprint density at radius 2 is 1.93 bits per heavy atom. The monoisotopic (exact) mass is 404 g/mol. The van der Waals surface area contributed by atoms with Crippen LogP contribution in [0.3, 0.4) is 0 Å². The predicted molar refractivity (Wildman–Crippen MR) is 107 cm³/mol. The number of nitro groups is 1. The smallest absolute Gasteiger partial charge is 0.310 e. The van der Waals surface area contributed by atoms with Crippen LogP contribution in [0.15, 0.2) is 47.4 Å². The van der Waals surface area contributed by atoms with Crippen LogP contribution >= 0.6 is 0 Å². The van der Waals surface area contributed by atoms with Gasteiger partial charge in [-0.05, 0) is 37.5 Å². The van der Waals surface area contributed by atoms with Gasteiger partial charge in [-0.15, -0.1) is 0 Å². The van der Waals surface area contributed by atoms with Crippen molar-refractivity contribution in [2.45, 2.75) is 30.8 Å². The number of sulfone groups is 1. The Kier molecular flexibility index (Phi) is 6.00. The number of aryl methyl sites for hydroxylation is 1. The molecule has 1 saturated heterocycles. The van der Waals surface area contributed by atoms with E-state index in [0.717, 1.165) is 24.7 Å². The van der Waals surface area contributed by atoms with Crippen LogP contribution in [-0.2, 0) is 14.6 Å². The number of ether oxygens (including phenoxy) is 1. The summed E-state index contributed by atoms with van der Waals surface area (Å²) >= 11 is 0. The second-order valence-corrected chi connectivity index (χ2v) is 9.15.